The Morgan fingerprint density at radius 2 is 2.12 bits per heavy atom. The fraction of sp³-hybridized carbons (Fsp3) is 0.286. The Kier molecular flexibility index (Phi) is 4.47. The van der Waals surface area contributed by atoms with Gasteiger partial charge in [0.05, 0.1) is 17.6 Å². The van der Waals surface area contributed by atoms with Gasteiger partial charge in [-0.2, -0.15) is 4.98 Å². The van der Waals surface area contributed by atoms with Gasteiger partial charge in [-0.3, -0.25) is 4.79 Å². The highest BCUT2D eigenvalue weighted by atomic mass is 19.3. The summed E-state index contributed by atoms with van der Waals surface area (Å²) in [5.74, 6) is -1.11. The number of nitrogens with one attached hydrogen (secondary N) is 1. The minimum absolute atomic E-state index is 0.0894. The number of amides is 1. The summed E-state index contributed by atoms with van der Waals surface area (Å²) in [5.41, 5.74) is 6.25. The Morgan fingerprint density at radius 3 is 2.88 bits per heavy atom. The van der Waals surface area contributed by atoms with Gasteiger partial charge in [0.15, 0.2) is 11.6 Å². The van der Waals surface area contributed by atoms with Crippen molar-refractivity contribution in [1.82, 2.24) is 25.0 Å². The molecule has 10 heteroatoms. The molecule has 126 valence electrons. The molecule has 1 aromatic carbocycles. The van der Waals surface area contributed by atoms with Crippen LogP contribution in [0.1, 0.15) is 28.8 Å². The average Bonchev–Trinajstić information content (AvgIpc) is 3.18. The molecule has 0 saturated carbocycles. The molecule has 24 heavy (non-hydrogen) atoms. The average molecular weight is 336 g/mol. The number of nitrogens with zero attached hydrogens (tertiary/aromatic N) is 4. The fourth-order valence-electron chi connectivity index (χ4n) is 2.24. The van der Waals surface area contributed by atoms with Gasteiger partial charge in [0, 0.05) is 13.1 Å². The van der Waals surface area contributed by atoms with Gasteiger partial charge < -0.3 is 20.1 Å². The van der Waals surface area contributed by atoms with Crippen molar-refractivity contribution in [2.24, 2.45) is 5.73 Å². The maximum Gasteiger partial charge on any atom is 0.316 e. The minimum atomic E-state index is -2.75. The van der Waals surface area contributed by atoms with Gasteiger partial charge in [-0.25, -0.2) is 13.8 Å². The fourth-order valence-corrected chi connectivity index (χ4v) is 2.24. The van der Waals surface area contributed by atoms with Crippen LogP contribution >= 0.6 is 0 Å². The van der Waals surface area contributed by atoms with Crippen LogP contribution in [-0.2, 0) is 6.54 Å². The summed E-state index contributed by atoms with van der Waals surface area (Å²) in [6.07, 6.45) is -2.75. The van der Waals surface area contributed by atoms with Gasteiger partial charge in [-0.15, -0.1) is 0 Å². The molecule has 1 amide bonds. The zero-order chi connectivity index (χ0) is 17.1. The highest BCUT2D eigenvalue weighted by molar-refractivity contribution is 5.89. The normalized spacial score (nSPS) is 11.3. The van der Waals surface area contributed by atoms with Gasteiger partial charge in [0.2, 0.25) is 0 Å². The Bertz CT molecular complexity index is 860. The molecule has 0 unspecified atom stereocenters. The Labute approximate surface area is 134 Å². The summed E-state index contributed by atoms with van der Waals surface area (Å²) in [6, 6.07) is 6.74. The van der Waals surface area contributed by atoms with Gasteiger partial charge in [0.1, 0.15) is 0 Å². The molecule has 0 atom stereocenters. The van der Waals surface area contributed by atoms with Crippen molar-refractivity contribution in [1.29, 1.82) is 0 Å². The number of carbonyl (C=O) groups is 1. The molecule has 3 rings (SSSR count). The molecule has 3 aromatic rings. The van der Waals surface area contributed by atoms with Crippen LogP contribution in [0.15, 0.2) is 28.8 Å². The number of rotatable bonds is 6. The van der Waals surface area contributed by atoms with Crippen LogP contribution in [0.4, 0.5) is 8.78 Å². The zero-order valence-electron chi connectivity index (χ0n) is 12.4. The Morgan fingerprint density at radius 1 is 1.33 bits per heavy atom. The number of alkyl halides is 2. The molecule has 0 aliphatic rings. The number of benzene rings is 1. The van der Waals surface area contributed by atoms with E-state index in [1.807, 2.05) is 0 Å². The number of halogens is 2. The van der Waals surface area contributed by atoms with E-state index in [1.54, 1.807) is 24.3 Å². The Hall–Kier alpha value is -2.88. The molecule has 0 aliphatic heterocycles. The van der Waals surface area contributed by atoms with Crippen molar-refractivity contribution < 1.29 is 18.1 Å². The predicted molar refractivity (Wildman–Crippen MR) is 79.5 cm³/mol. The lowest BCUT2D eigenvalue weighted by Gasteiger charge is -2.05. The first-order valence-electron chi connectivity index (χ1n) is 7.14. The lowest BCUT2D eigenvalue weighted by molar-refractivity contribution is 0.0911. The highest BCUT2D eigenvalue weighted by Crippen LogP contribution is 2.24. The molecule has 0 radical (unpaired) electrons. The van der Waals surface area contributed by atoms with E-state index in [0.717, 1.165) is 0 Å². The molecule has 8 nitrogen and oxygen atoms in total. The molecule has 0 bridgehead atoms. The maximum atomic E-state index is 13.2. The number of para-hydroxylation sites is 2. The smallest absolute Gasteiger partial charge is 0.316 e. The summed E-state index contributed by atoms with van der Waals surface area (Å²) in [5, 5.41) is 6.14. The van der Waals surface area contributed by atoms with Crippen LogP contribution in [0.3, 0.4) is 0 Å². The third kappa shape index (κ3) is 3.08. The van der Waals surface area contributed by atoms with E-state index in [-0.39, 0.29) is 31.3 Å². The molecule has 0 aliphatic carbocycles. The van der Waals surface area contributed by atoms with Crippen LogP contribution in [0.2, 0.25) is 0 Å². The summed E-state index contributed by atoms with van der Waals surface area (Å²) >= 11 is 0. The van der Waals surface area contributed by atoms with Crippen LogP contribution in [0.25, 0.3) is 11.0 Å². The van der Waals surface area contributed by atoms with Crippen molar-refractivity contribution in [3.8, 4) is 0 Å². The highest BCUT2D eigenvalue weighted by Gasteiger charge is 2.21. The standard InChI is InChI=1S/C14H14F2N6O2/c15-11(16)12-19-8-3-1-2-4-9(8)22(12)7-10-20-14(24-21-10)13(23)18-6-5-17/h1-4,11H,5-7,17H2,(H,18,23). The summed E-state index contributed by atoms with van der Waals surface area (Å²) in [4.78, 5) is 19.6. The van der Waals surface area contributed by atoms with Gasteiger partial charge in [-0.1, -0.05) is 17.3 Å². The summed E-state index contributed by atoms with van der Waals surface area (Å²) in [7, 11) is 0. The van der Waals surface area contributed by atoms with E-state index < -0.39 is 18.2 Å². The van der Waals surface area contributed by atoms with Crippen molar-refractivity contribution >= 4 is 16.9 Å². The van der Waals surface area contributed by atoms with Crippen molar-refractivity contribution in [2.45, 2.75) is 13.0 Å². The van der Waals surface area contributed by atoms with Gasteiger partial charge in [-0.05, 0) is 12.1 Å². The quantitative estimate of drug-likeness (QED) is 0.697. The summed E-state index contributed by atoms with van der Waals surface area (Å²) < 4.78 is 32.6. The number of hydrogen-bond acceptors (Lipinski definition) is 6. The van der Waals surface area contributed by atoms with E-state index in [0.29, 0.717) is 11.0 Å². The molecule has 0 saturated heterocycles. The SMILES string of the molecule is NCCNC(=O)c1nc(Cn2c(C(F)F)nc3ccccc32)no1. The molecule has 0 fully saturated rings. The monoisotopic (exact) mass is 336 g/mol. The van der Waals surface area contributed by atoms with E-state index in [1.165, 1.54) is 4.57 Å². The maximum absolute atomic E-state index is 13.2. The topological polar surface area (TPSA) is 112 Å². The van der Waals surface area contributed by atoms with Gasteiger partial charge >= 0.3 is 11.8 Å². The van der Waals surface area contributed by atoms with E-state index >= 15 is 0 Å². The number of aromatic nitrogens is 4. The van der Waals surface area contributed by atoms with Gasteiger partial charge in [0.25, 0.3) is 6.43 Å². The van der Waals surface area contributed by atoms with E-state index in [2.05, 4.69) is 20.4 Å². The number of carbonyl (C=O) groups excluding carboxylic acids is 1. The third-order valence-electron chi connectivity index (χ3n) is 3.27. The van der Waals surface area contributed by atoms with Crippen molar-refractivity contribution in [3.05, 3.63) is 41.8 Å². The second-order valence-electron chi connectivity index (χ2n) is 4.91. The second kappa shape index (κ2) is 6.71. The molecular weight excluding hydrogens is 322 g/mol. The molecule has 3 N–H and O–H groups in total. The number of fused-ring (bicyclic) bond motifs is 1. The Balaban J connectivity index is 1.89. The molecular formula is C14H14F2N6O2. The van der Waals surface area contributed by atoms with E-state index in [4.69, 9.17) is 10.3 Å². The van der Waals surface area contributed by atoms with E-state index in [9.17, 15) is 13.6 Å². The first-order chi connectivity index (χ1) is 11.6. The molecule has 2 aromatic heterocycles. The first-order valence-corrected chi connectivity index (χ1v) is 7.14. The minimum Gasteiger partial charge on any atom is -0.347 e. The largest absolute Gasteiger partial charge is 0.347 e. The number of nitrogens with two attached hydrogens (primary N) is 1. The molecule has 2 heterocycles. The predicted octanol–water partition coefficient (Wildman–Crippen LogP) is 1.09. The van der Waals surface area contributed by atoms with Crippen LogP contribution in [0, 0.1) is 0 Å². The summed E-state index contributed by atoms with van der Waals surface area (Å²) in [6.45, 7) is 0.442. The lowest BCUT2D eigenvalue weighted by Crippen LogP contribution is -2.29. The number of imidazole rings is 1. The van der Waals surface area contributed by atoms with Crippen LogP contribution < -0.4 is 11.1 Å². The second-order valence-corrected chi connectivity index (χ2v) is 4.91. The first kappa shape index (κ1) is 16.0. The zero-order valence-corrected chi connectivity index (χ0v) is 12.4. The van der Waals surface area contributed by atoms with Crippen molar-refractivity contribution in [3.63, 3.8) is 0 Å². The van der Waals surface area contributed by atoms with Crippen LogP contribution in [0.5, 0.6) is 0 Å². The molecule has 0 spiro atoms. The number of hydrogen-bond donors (Lipinski definition) is 2. The lowest BCUT2D eigenvalue weighted by atomic mass is 10.3. The van der Waals surface area contributed by atoms with Crippen LogP contribution in [-0.4, -0.2) is 38.7 Å². The van der Waals surface area contributed by atoms with Crippen molar-refractivity contribution in [2.75, 3.05) is 13.1 Å². The third-order valence-corrected chi connectivity index (χ3v) is 3.27.